The van der Waals surface area contributed by atoms with Gasteiger partial charge in [-0.15, -0.1) is 0 Å². The van der Waals surface area contributed by atoms with Crippen LogP contribution in [0.2, 0.25) is 0 Å². The Balaban J connectivity index is 0.000000320. The maximum absolute atomic E-state index is 11.2. The van der Waals surface area contributed by atoms with Gasteiger partial charge in [0.2, 0.25) is 0 Å². The first-order valence-corrected chi connectivity index (χ1v) is 10.6. The van der Waals surface area contributed by atoms with Crippen LogP contribution in [0, 0.1) is 0 Å². The minimum Gasteiger partial charge on any atom is -0.496 e. The highest BCUT2D eigenvalue weighted by atomic mass is 79.9. The number of hydrogen-bond donors (Lipinski definition) is 2. The van der Waals surface area contributed by atoms with Crippen molar-refractivity contribution in [2.24, 2.45) is 0 Å². The molecule has 0 spiro atoms. The number of ether oxygens (including phenoxy) is 4. The molecule has 0 saturated heterocycles. The molecule has 12 heteroatoms. The molecule has 172 valence electrons. The van der Waals surface area contributed by atoms with E-state index >= 15 is 0 Å². The van der Waals surface area contributed by atoms with Gasteiger partial charge in [0.25, 0.3) is 0 Å². The smallest absolute Gasteiger partial charge is 0.396 e. The predicted octanol–water partition coefficient (Wildman–Crippen LogP) is 3.94. The van der Waals surface area contributed by atoms with E-state index in [1.54, 1.807) is 43.5 Å². The highest BCUT2D eigenvalue weighted by Gasteiger charge is 2.14. The molecule has 0 unspecified atom stereocenters. The first-order valence-electron chi connectivity index (χ1n) is 8.62. The number of benzene rings is 2. The van der Waals surface area contributed by atoms with Gasteiger partial charge < -0.3 is 29.6 Å². The van der Waals surface area contributed by atoms with Crippen molar-refractivity contribution in [1.29, 1.82) is 0 Å². The van der Waals surface area contributed by atoms with Crippen molar-refractivity contribution in [3.05, 3.63) is 45.3 Å². The minimum atomic E-state index is -0.938. The Hall–Kier alpha value is -2.70. The SMILES string of the molecule is COC(=O)C(=O)Nc1ccc(OC)c(Br)c1.COC(=O)C(=S)Nc1ccc(OC)c(Br)c1. The summed E-state index contributed by atoms with van der Waals surface area (Å²) in [5.74, 6) is -0.987. The van der Waals surface area contributed by atoms with Gasteiger partial charge in [-0.2, -0.15) is 0 Å². The lowest BCUT2D eigenvalue weighted by molar-refractivity contribution is -0.150. The Morgan fingerprint density at radius 2 is 1.19 bits per heavy atom. The van der Waals surface area contributed by atoms with E-state index < -0.39 is 17.8 Å². The molecule has 0 bridgehead atoms. The van der Waals surface area contributed by atoms with Gasteiger partial charge in [-0.3, -0.25) is 4.79 Å². The van der Waals surface area contributed by atoms with Crippen LogP contribution in [-0.2, 0) is 23.9 Å². The number of methoxy groups -OCH3 is 4. The molecule has 2 aromatic rings. The Kier molecular flexibility index (Phi) is 11.7. The van der Waals surface area contributed by atoms with Crippen LogP contribution in [0.25, 0.3) is 0 Å². The normalized spacial score (nSPS) is 9.44. The fourth-order valence-electron chi connectivity index (χ4n) is 2.04. The molecule has 32 heavy (non-hydrogen) atoms. The van der Waals surface area contributed by atoms with E-state index in [0.717, 1.165) is 11.6 Å². The van der Waals surface area contributed by atoms with Crippen molar-refractivity contribution in [2.75, 3.05) is 39.1 Å². The maximum Gasteiger partial charge on any atom is 0.396 e. The number of rotatable bonds is 4. The quantitative estimate of drug-likeness (QED) is 0.310. The van der Waals surface area contributed by atoms with Crippen LogP contribution in [0.5, 0.6) is 11.5 Å². The number of anilines is 2. The second kappa shape index (κ2) is 13.7. The van der Waals surface area contributed by atoms with E-state index in [1.807, 2.05) is 0 Å². The summed E-state index contributed by atoms with van der Waals surface area (Å²) in [7, 11) is 5.53. The molecular weight excluding hydrogens is 572 g/mol. The number of carbonyl (C=O) groups is 3. The fourth-order valence-corrected chi connectivity index (χ4v) is 3.32. The molecule has 2 aromatic carbocycles. The standard InChI is InChI=1S/C10H10BrNO4.C10H10BrNO3S/c1-15-8-4-3-6(5-7(8)11)12-9(13)10(14)16-2;1-14-8-4-3-6(5-7(8)11)12-9(16)10(13)15-2/h3-5H,1-2H3,(H,12,13);3-5H,1-2H3,(H,12,16). The van der Waals surface area contributed by atoms with Crippen LogP contribution >= 0.6 is 44.1 Å². The second-order valence-corrected chi connectivity index (χ2v) is 7.71. The zero-order chi connectivity index (χ0) is 24.3. The third-order valence-corrected chi connectivity index (χ3v) is 5.07. The molecule has 0 aromatic heterocycles. The third-order valence-electron chi connectivity index (χ3n) is 3.56. The largest absolute Gasteiger partial charge is 0.496 e. The first-order chi connectivity index (χ1) is 15.2. The van der Waals surface area contributed by atoms with Gasteiger partial charge in [-0.1, -0.05) is 12.2 Å². The first kappa shape index (κ1) is 27.3. The monoisotopic (exact) mass is 590 g/mol. The maximum atomic E-state index is 11.2. The third kappa shape index (κ3) is 8.44. The van der Waals surface area contributed by atoms with E-state index in [2.05, 4.69) is 52.0 Å². The van der Waals surface area contributed by atoms with Crippen LogP contribution in [0.3, 0.4) is 0 Å². The van der Waals surface area contributed by atoms with Gasteiger partial charge in [0, 0.05) is 11.4 Å². The van der Waals surface area contributed by atoms with Gasteiger partial charge in [-0.05, 0) is 68.3 Å². The Labute approximate surface area is 207 Å². The van der Waals surface area contributed by atoms with E-state index in [-0.39, 0.29) is 4.99 Å². The van der Waals surface area contributed by atoms with E-state index in [9.17, 15) is 14.4 Å². The molecule has 0 radical (unpaired) electrons. The fraction of sp³-hybridized carbons (Fsp3) is 0.200. The van der Waals surface area contributed by atoms with Crippen LogP contribution in [0.4, 0.5) is 11.4 Å². The van der Waals surface area contributed by atoms with Crippen molar-refractivity contribution >= 4 is 78.3 Å². The summed E-state index contributed by atoms with van der Waals surface area (Å²) in [6, 6.07) is 10.2. The Morgan fingerprint density at radius 3 is 1.56 bits per heavy atom. The van der Waals surface area contributed by atoms with Crippen molar-refractivity contribution in [1.82, 2.24) is 0 Å². The Bertz CT molecular complexity index is 922. The molecule has 0 fully saturated rings. The molecule has 0 saturated carbocycles. The lowest BCUT2D eigenvalue weighted by atomic mass is 10.3. The number of thiocarbonyl (C=S) groups is 1. The van der Waals surface area contributed by atoms with Crippen molar-refractivity contribution < 1.29 is 33.3 Å². The highest BCUT2D eigenvalue weighted by Crippen LogP contribution is 2.28. The molecule has 0 atom stereocenters. The zero-order valence-corrected chi connectivity index (χ0v) is 21.5. The predicted molar refractivity (Wildman–Crippen MR) is 130 cm³/mol. The number of amides is 1. The number of hydrogen-bond acceptors (Lipinski definition) is 8. The number of carbonyl (C=O) groups excluding carboxylic acids is 3. The molecule has 1 amide bonds. The summed E-state index contributed by atoms with van der Waals surface area (Å²) in [4.78, 5) is 33.1. The van der Waals surface area contributed by atoms with Crippen LogP contribution in [0.15, 0.2) is 45.3 Å². The van der Waals surface area contributed by atoms with Crippen LogP contribution < -0.4 is 20.1 Å². The second-order valence-electron chi connectivity index (χ2n) is 5.59. The molecule has 0 aliphatic carbocycles. The summed E-state index contributed by atoms with van der Waals surface area (Å²) >= 11 is 11.4. The van der Waals surface area contributed by atoms with Crippen molar-refractivity contribution in [3.63, 3.8) is 0 Å². The number of nitrogens with one attached hydrogen (secondary N) is 2. The van der Waals surface area contributed by atoms with E-state index in [0.29, 0.717) is 27.3 Å². The molecule has 2 rings (SSSR count). The molecule has 0 aliphatic rings. The van der Waals surface area contributed by atoms with Gasteiger partial charge in [0.15, 0.2) is 4.99 Å². The molecule has 0 heterocycles. The summed E-state index contributed by atoms with van der Waals surface area (Å²) < 4.78 is 20.3. The summed E-state index contributed by atoms with van der Waals surface area (Å²) in [6.45, 7) is 0. The highest BCUT2D eigenvalue weighted by molar-refractivity contribution is 9.11. The van der Waals surface area contributed by atoms with Gasteiger partial charge in [-0.25, -0.2) is 9.59 Å². The topological polar surface area (TPSA) is 112 Å². The van der Waals surface area contributed by atoms with Gasteiger partial charge in [0.1, 0.15) is 11.5 Å². The molecule has 2 N–H and O–H groups in total. The molecule has 0 aliphatic heterocycles. The van der Waals surface area contributed by atoms with Crippen molar-refractivity contribution in [3.8, 4) is 11.5 Å². The lowest BCUT2D eigenvalue weighted by Gasteiger charge is -2.08. The summed E-state index contributed by atoms with van der Waals surface area (Å²) in [5, 5.41) is 5.14. The Morgan fingerprint density at radius 1 is 0.750 bits per heavy atom. The average Bonchev–Trinajstić information content (AvgIpc) is 2.78. The van der Waals surface area contributed by atoms with E-state index in [1.165, 1.54) is 14.2 Å². The minimum absolute atomic E-state index is 0.0135. The van der Waals surface area contributed by atoms with Gasteiger partial charge >= 0.3 is 17.8 Å². The van der Waals surface area contributed by atoms with Gasteiger partial charge in [0.05, 0.1) is 37.4 Å². The lowest BCUT2D eigenvalue weighted by Crippen LogP contribution is -2.23. The number of halogens is 2. The molecule has 9 nitrogen and oxygen atoms in total. The van der Waals surface area contributed by atoms with E-state index in [4.69, 9.17) is 21.7 Å². The summed E-state index contributed by atoms with van der Waals surface area (Å²) in [6.07, 6.45) is 0. The average molecular weight is 592 g/mol. The number of esters is 2. The van der Waals surface area contributed by atoms with Crippen LogP contribution in [-0.4, -0.2) is 51.3 Å². The van der Waals surface area contributed by atoms with Crippen LogP contribution in [0.1, 0.15) is 0 Å². The summed E-state index contributed by atoms with van der Waals surface area (Å²) in [5.41, 5.74) is 1.16. The zero-order valence-electron chi connectivity index (χ0n) is 17.5. The molecular formula is C20H20Br2N2O7S. The van der Waals surface area contributed by atoms with Crippen molar-refractivity contribution in [2.45, 2.75) is 0 Å².